The molecule has 5 heteroatoms. The molecule has 0 amide bonds. The van der Waals surface area contributed by atoms with Gasteiger partial charge in [0.05, 0.1) is 4.91 Å². The summed E-state index contributed by atoms with van der Waals surface area (Å²) in [6.45, 7) is 0. The van der Waals surface area contributed by atoms with E-state index in [-0.39, 0.29) is 16.1 Å². The molecule has 0 aliphatic rings. The monoisotopic (exact) mass is 188 g/mol. The molecule has 0 rings (SSSR count). The van der Waals surface area contributed by atoms with Crippen molar-refractivity contribution in [3.63, 3.8) is 0 Å². The van der Waals surface area contributed by atoms with Crippen molar-refractivity contribution in [3.8, 4) is 18.2 Å². The zero-order valence-electron chi connectivity index (χ0n) is 6.75. The van der Waals surface area contributed by atoms with Gasteiger partial charge in [-0.25, -0.2) is 0 Å². The maximum atomic E-state index is 8.53. The molecule has 62 valence electrons. The number of nitriles is 3. The van der Waals surface area contributed by atoms with E-state index in [9.17, 15) is 0 Å². The number of allylic oxidation sites excluding steroid dienone is 2. The van der Waals surface area contributed by atoms with Gasteiger partial charge in [0.2, 0.25) is 0 Å². The zero-order valence-corrected chi connectivity index (χ0v) is 7.57. The first-order chi connectivity index (χ1) is 6.24. The second kappa shape index (κ2) is 5.63. The van der Waals surface area contributed by atoms with E-state index in [1.54, 1.807) is 24.5 Å². The fourth-order valence-electron chi connectivity index (χ4n) is 0.591. The fraction of sp³-hybridized carbons (Fsp3) is 0.125. The minimum absolute atomic E-state index is 0.0920. The molecule has 4 nitrogen and oxygen atoms in total. The Kier molecular flexibility index (Phi) is 4.77. The molecule has 0 bridgehead atoms. The number of thioether (sulfide) groups is 1. The van der Waals surface area contributed by atoms with Crippen LogP contribution < -0.4 is 0 Å². The van der Waals surface area contributed by atoms with Crippen LogP contribution in [0, 0.1) is 39.4 Å². The average Bonchev–Trinajstić information content (AvgIpc) is 2.18. The summed E-state index contributed by atoms with van der Waals surface area (Å²) in [5.41, 5.74) is -0.255. The Hall–Kier alpha value is -1.99. The number of nitrogens with one attached hydrogen (secondary N) is 1. The highest BCUT2D eigenvalue weighted by Gasteiger charge is 2.10. The van der Waals surface area contributed by atoms with Crippen LogP contribution in [0.1, 0.15) is 0 Å². The van der Waals surface area contributed by atoms with Crippen LogP contribution >= 0.6 is 11.8 Å². The maximum Gasteiger partial charge on any atom is 0.145 e. The molecule has 0 saturated carbocycles. The number of rotatable bonds is 2. The van der Waals surface area contributed by atoms with Crippen molar-refractivity contribution < 1.29 is 0 Å². The Balaban J connectivity index is 5.56. The Morgan fingerprint density at radius 3 is 1.92 bits per heavy atom. The smallest absolute Gasteiger partial charge is 0.145 e. The summed E-state index contributed by atoms with van der Waals surface area (Å²) in [6, 6.07) is 5.00. The summed E-state index contributed by atoms with van der Waals surface area (Å²) in [5.74, 6) is 1.88. The van der Waals surface area contributed by atoms with Gasteiger partial charge in [0.25, 0.3) is 0 Å². The topological polar surface area (TPSA) is 95.2 Å². The van der Waals surface area contributed by atoms with Crippen LogP contribution in [0.3, 0.4) is 0 Å². The highest BCUT2D eigenvalue weighted by Crippen LogP contribution is 2.22. The molecule has 0 aliphatic carbocycles. The minimum atomic E-state index is -0.163. The number of hydrogen-bond donors (Lipinski definition) is 1. The van der Waals surface area contributed by atoms with Crippen molar-refractivity contribution in [1.29, 1.82) is 21.2 Å². The van der Waals surface area contributed by atoms with E-state index >= 15 is 0 Å². The lowest BCUT2D eigenvalue weighted by molar-refractivity contribution is 1.44. The fourth-order valence-corrected chi connectivity index (χ4v) is 1.19. The summed E-state index contributed by atoms with van der Waals surface area (Å²) in [5, 5.41) is 32.3. The van der Waals surface area contributed by atoms with Gasteiger partial charge >= 0.3 is 0 Å². The van der Waals surface area contributed by atoms with Crippen LogP contribution in [0.5, 0.6) is 0 Å². The van der Waals surface area contributed by atoms with E-state index in [1.165, 1.54) is 0 Å². The largest absolute Gasteiger partial charge is 0.258 e. The Bertz CT molecular complexity index is 391. The SMILES string of the molecule is CSC(C(=C=N)C#N)=C(C#N)C#N. The zero-order chi connectivity index (χ0) is 10.3. The number of hydrogen-bond acceptors (Lipinski definition) is 5. The van der Waals surface area contributed by atoms with Crippen LogP contribution in [-0.4, -0.2) is 12.1 Å². The molecule has 0 saturated heterocycles. The molecule has 0 radical (unpaired) electrons. The Morgan fingerprint density at radius 2 is 1.69 bits per heavy atom. The van der Waals surface area contributed by atoms with Gasteiger partial charge in [-0.15, -0.1) is 11.8 Å². The highest BCUT2D eigenvalue weighted by atomic mass is 32.2. The summed E-state index contributed by atoms with van der Waals surface area (Å²) in [7, 11) is 0. The van der Waals surface area contributed by atoms with E-state index in [4.69, 9.17) is 21.2 Å². The van der Waals surface area contributed by atoms with E-state index in [0.717, 1.165) is 11.8 Å². The van der Waals surface area contributed by atoms with Crippen molar-refractivity contribution >= 4 is 17.6 Å². The Morgan fingerprint density at radius 1 is 1.15 bits per heavy atom. The third kappa shape index (κ3) is 2.51. The van der Waals surface area contributed by atoms with Crippen LogP contribution in [0.2, 0.25) is 0 Å². The van der Waals surface area contributed by atoms with E-state index in [1.807, 2.05) is 5.87 Å². The first-order valence-electron chi connectivity index (χ1n) is 3.03. The van der Waals surface area contributed by atoms with Gasteiger partial charge in [-0.1, -0.05) is 0 Å². The summed E-state index contributed by atoms with van der Waals surface area (Å²) >= 11 is 1.08. The predicted octanol–water partition coefficient (Wildman–Crippen LogP) is 1.35. The first-order valence-corrected chi connectivity index (χ1v) is 4.26. The van der Waals surface area contributed by atoms with Crippen LogP contribution in [0.25, 0.3) is 0 Å². The molecule has 0 aromatic rings. The molecular formula is C8H4N4S. The van der Waals surface area contributed by atoms with Crippen LogP contribution in [0.4, 0.5) is 0 Å². The summed E-state index contributed by atoms with van der Waals surface area (Å²) < 4.78 is 0. The molecule has 1 N–H and O–H groups in total. The standard InChI is InChI=1S/C8H4N4S/c1-13-8(6(2-9)3-10)7(4-11)5-12/h9H,1H3. The second-order valence-electron chi connectivity index (χ2n) is 1.74. The van der Waals surface area contributed by atoms with Gasteiger partial charge in [-0.05, 0) is 12.1 Å². The molecule has 0 aromatic heterocycles. The molecule has 0 unspecified atom stereocenters. The van der Waals surface area contributed by atoms with Crippen molar-refractivity contribution in [1.82, 2.24) is 0 Å². The van der Waals surface area contributed by atoms with Crippen molar-refractivity contribution in [2.45, 2.75) is 0 Å². The molecule has 0 aromatic carbocycles. The molecule has 0 heterocycles. The predicted molar refractivity (Wildman–Crippen MR) is 48.6 cm³/mol. The lowest BCUT2D eigenvalue weighted by Gasteiger charge is -1.96. The van der Waals surface area contributed by atoms with E-state index in [2.05, 4.69) is 0 Å². The average molecular weight is 188 g/mol. The number of nitrogens with zero attached hydrogens (tertiary/aromatic N) is 3. The van der Waals surface area contributed by atoms with Crippen molar-refractivity contribution in [2.75, 3.05) is 6.26 Å². The molecule has 0 atom stereocenters. The van der Waals surface area contributed by atoms with Gasteiger partial charge in [-0.2, -0.15) is 15.8 Å². The van der Waals surface area contributed by atoms with Gasteiger partial charge < -0.3 is 0 Å². The lowest BCUT2D eigenvalue weighted by Crippen LogP contribution is -1.88. The lowest BCUT2D eigenvalue weighted by atomic mass is 10.2. The third-order valence-electron chi connectivity index (χ3n) is 1.12. The molecule has 0 spiro atoms. The quantitative estimate of drug-likeness (QED) is 0.402. The molecule has 0 aliphatic heterocycles. The van der Waals surface area contributed by atoms with Crippen LogP contribution in [-0.2, 0) is 0 Å². The first kappa shape index (κ1) is 11.0. The third-order valence-corrected chi connectivity index (χ3v) is 1.94. The van der Waals surface area contributed by atoms with Crippen LogP contribution in [0.15, 0.2) is 16.1 Å². The van der Waals surface area contributed by atoms with Gasteiger partial charge in [0.1, 0.15) is 29.4 Å². The minimum Gasteiger partial charge on any atom is -0.258 e. The van der Waals surface area contributed by atoms with Gasteiger partial charge in [0.15, 0.2) is 0 Å². The summed E-state index contributed by atoms with van der Waals surface area (Å²) in [6.07, 6.45) is 1.62. The highest BCUT2D eigenvalue weighted by molar-refractivity contribution is 8.02. The van der Waals surface area contributed by atoms with E-state index in [0.29, 0.717) is 0 Å². The Labute approximate surface area is 79.9 Å². The normalized spacial score (nSPS) is 6.92. The molecule has 0 fully saturated rings. The van der Waals surface area contributed by atoms with Gasteiger partial charge in [-0.3, -0.25) is 5.41 Å². The molecule has 13 heavy (non-hydrogen) atoms. The van der Waals surface area contributed by atoms with Crippen molar-refractivity contribution in [2.24, 2.45) is 0 Å². The second-order valence-corrected chi connectivity index (χ2v) is 2.56. The molecular weight excluding hydrogens is 184 g/mol. The summed E-state index contributed by atoms with van der Waals surface area (Å²) in [4.78, 5) is 0.197. The van der Waals surface area contributed by atoms with E-state index < -0.39 is 0 Å². The van der Waals surface area contributed by atoms with Gasteiger partial charge in [0, 0.05) is 0 Å². The maximum absolute atomic E-state index is 8.53. The van der Waals surface area contributed by atoms with Crippen molar-refractivity contribution in [3.05, 3.63) is 16.1 Å².